The zero-order chi connectivity index (χ0) is 20.6. The van der Waals surface area contributed by atoms with Crippen molar-refractivity contribution < 1.29 is 13.9 Å². The lowest BCUT2D eigenvalue weighted by Crippen LogP contribution is -2.23. The number of aromatic nitrogens is 1. The SMILES string of the molecule is COc1ccccc1CCN=C(N)Nc1nc(-c2ccc(CNC(C)=O)o2)cs1. The van der Waals surface area contributed by atoms with Gasteiger partial charge in [-0.25, -0.2) is 4.98 Å². The molecular formula is C20H23N5O3S. The fourth-order valence-electron chi connectivity index (χ4n) is 2.62. The van der Waals surface area contributed by atoms with E-state index in [4.69, 9.17) is 14.9 Å². The molecule has 0 spiro atoms. The third-order valence-electron chi connectivity index (χ3n) is 4.02. The number of aliphatic imine (C=N–C) groups is 1. The highest BCUT2D eigenvalue weighted by Gasteiger charge is 2.10. The van der Waals surface area contributed by atoms with Gasteiger partial charge in [0.25, 0.3) is 0 Å². The monoisotopic (exact) mass is 413 g/mol. The number of para-hydroxylation sites is 1. The number of ether oxygens (including phenoxy) is 1. The average molecular weight is 414 g/mol. The van der Waals surface area contributed by atoms with Crippen LogP contribution in [0.5, 0.6) is 5.75 Å². The van der Waals surface area contributed by atoms with Crippen molar-refractivity contribution in [2.24, 2.45) is 10.7 Å². The number of carbonyl (C=O) groups excluding carboxylic acids is 1. The molecule has 2 aromatic heterocycles. The van der Waals surface area contributed by atoms with Gasteiger partial charge in [-0.3, -0.25) is 9.79 Å². The van der Waals surface area contributed by atoms with Gasteiger partial charge in [0.1, 0.15) is 17.2 Å². The Kier molecular flexibility index (Phi) is 6.85. The van der Waals surface area contributed by atoms with Crippen molar-refractivity contribution in [1.82, 2.24) is 10.3 Å². The molecule has 4 N–H and O–H groups in total. The summed E-state index contributed by atoms with van der Waals surface area (Å²) in [4.78, 5) is 19.8. The molecule has 1 aromatic carbocycles. The number of nitrogens with one attached hydrogen (secondary N) is 2. The molecule has 0 atom stereocenters. The Hall–Kier alpha value is -3.33. The third-order valence-corrected chi connectivity index (χ3v) is 4.78. The van der Waals surface area contributed by atoms with Gasteiger partial charge >= 0.3 is 0 Å². The highest BCUT2D eigenvalue weighted by atomic mass is 32.1. The van der Waals surface area contributed by atoms with E-state index in [-0.39, 0.29) is 5.91 Å². The molecule has 1 amide bonds. The summed E-state index contributed by atoms with van der Waals surface area (Å²) in [5.41, 5.74) is 7.74. The second-order valence-electron chi connectivity index (χ2n) is 6.17. The molecule has 9 heteroatoms. The third kappa shape index (κ3) is 5.82. The lowest BCUT2D eigenvalue weighted by atomic mass is 10.1. The van der Waals surface area contributed by atoms with Crippen LogP contribution in [-0.2, 0) is 17.8 Å². The van der Waals surface area contributed by atoms with Crippen LogP contribution in [-0.4, -0.2) is 30.5 Å². The average Bonchev–Trinajstić information content (AvgIpc) is 3.36. The first-order valence-electron chi connectivity index (χ1n) is 9.03. The minimum atomic E-state index is -0.108. The summed E-state index contributed by atoms with van der Waals surface area (Å²) in [6, 6.07) is 11.5. The van der Waals surface area contributed by atoms with E-state index in [0.29, 0.717) is 41.4 Å². The first kappa shape index (κ1) is 20.4. The molecule has 8 nitrogen and oxygen atoms in total. The first-order valence-corrected chi connectivity index (χ1v) is 9.91. The van der Waals surface area contributed by atoms with E-state index in [1.165, 1.54) is 18.3 Å². The summed E-state index contributed by atoms with van der Waals surface area (Å²) in [5, 5.41) is 8.18. The highest BCUT2D eigenvalue weighted by Crippen LogP contribution is 2.26. The minimum Gasteiger partial charge on any atom is -0.496 e. The smallest absolute Gasteiger partial charge is 0.217 e. The topological polar surface area (TPSA) is 115 Å². The summed E-state index contributed by atoms with van der Waals surface area (Å²) in [7, 11) is 1.65. The molecule has 0 fully saturated rings. The number of furan rings is 1. The van der Waals surface area contributed by atoms with E-state index in [1.54, 1.807) is 7.11 Å². The number of hydrogen-bond acceptors (Lipinski definition) is 6. The van der Waals surface area contributed by atoms with Crippen LogP contribution in [0.4, 0.5) is 5.13 Å². The van der Waals surface area contributed by atoms with Crippen molar-refractivity contribution in [2.45, 2.75) is 19.9 Å². The first-order chi connectivity index (χ1) is 14.0. The summed E-state index contributed by atoms with van der Waals surface area (Å²) in [6.45, 7) is 2.34. The van der Waals surface area contributed by atoms with Crippen molar-refractivity contribution in [3.05, 3.63) is 53.1 Å². The lowest BCUT2D eigenvalue weighted by Gasteiger charge is -2.06. The summed E-state index contributed by atoms with van der Waals surface area (Å²) in [6.07, 6.45) is 0.721. The number of benzene rings is 1. The van der Waals surface area contributed by atoms with Gasteiger partial charge in [-0.2, -0.15) is 0 Å². The molecule has 29 heavy (non-hydrogen) atoms. The number of hydrogen-bond donors (Lipinski definition) is 3. The summed E-state index contributed by atoms with van der Waals surface area (Å²) < 4.78 is 11.0. The Labute approximate surface area is 172 Å². The fourth-order valence-corrected chi connectivity index (χ4v) is 3.33. The van der Waals surface area contributed by atoms with E-state index in [9.17, 15) is 4.79 Å². The number of carbonyl (C=O) groups is 1. The maximum atomic E-state index is 11.0. The van der Waals surface area contributed by atoms with Crippen LogP contribution in [0.15, 0.2) is 51.2 Å². The number of rotatable bonds is 8. The van der Waals surface area contributed by atoms with Gasteiger partial charge in [-0.1, -0.05) is 18.2 Å². The molecule has 0 radical (unpaired) electrons. The van der Waals surface area contributed by atoms with E-state index < -0.39 is 0 Å². The maximum Gasteiger partial charge on any atom is 0.217 e. The van der Waals surface area contributed by atoms with E-state index in [0.717, 1.165) is 17.7 Å². The largest absolute Gasteiger partial charge is 0.496 e. The molecule has 0 aliphatic carbocycles. The van der Waals surface area contributed by atoms with Gasteiger partial charge in [-0.15, -0.1) is 11.3 Å². The van der Waals surface area contributed by atoms with Crippen LogP contribution in [0.25, 0.3) is 11.5 Å². The van der Waals surface area contributed by atoms with Gasteiger partial charge in [0.05, 0.1) is 13.7 Å². The fraction of sp³-hybridized carbons (Fsp3) is 0.250. The van der Waals surface area contributed by atoms with Crippen LogP contribution < -0.4 is 21.1 Å². The Morgan fingerprint density at radius 2 is 2.14 bits per heavy atom. The molecule has 3 rings (SSSR count). The van der Waals surface area contributed by atoms with E-state index in [1.807, 2.05) is 41.8 Å². The predicted octanol–water partition coefficient (Wildman–Crippen LogP) is 3.02. The van der Waals surface area contributed by atoms with Crippen molar-refractivity contribution in [2.75, 3.05) is 19.0 Å². The molecule has 0 bridgehead atoms. The van der Waals surface area contributed by atoms with Gasteiger partial charge in [0.15, 0.2) is 16.9 Å². The summed E-state index contributed by atoms with van der Waals surface area (Å²) in [5.74, 6) is 2.32. The highest BCUT2D eigenvalue weighted by molar-refractivity contribution is 7.14. The minimum absolute atomic E-state index is 0.108. The van der Waals surface area contributed by atoms with Gasteiger partial charge in [-0.05, 0) is 30.2 Å². The Morgan fingerprint density at radius 3 is 2.93 bits per heavy atom. The number of guanidine groups is 1. The van der Waals surface area contributed by atoms with Crippen molar-refractivity contribution in [1.29, 1.82) is 0 Å². The molecule has 152 valence electrons. The number of thiazole rings is 1. The van der Waals surface area contributed by atoms with E-state index in [2.05, 4.69) is 20.6 Å². The normalized spacial score (nSPS) is 11.3. The molecule has 0 unspecified atom stereocenters. The van der Waals surface area contributed by atoms with Crippen molar-refractivity contribution in [3.63, 3.8) is 0 Å². The number of nitrogens with zero attached hydrogens (tertiary/aromatic N) is 2. The quantitative estimate of drug-likeness (QED) is 0.386. The zero-order valence-electron chi connectivity index (χ0n) is 16.3. The molecule has 0 saturated heterocycles. The maximum absolute atomic E-state index is 11.0. The van der Waals surface area contributed by atoms with Crippen LogP contribution >= 0.6 is 11.3 Å². The Bertz CT molecular complexity index is 995. The summed E-state index contributed by atoms with van der Waals surface area (Å²) >= 11 is 1.40. The molecular weight excluding hydrogens is 390 g/mol. The van der Waals surface area contributed by atoms with Gasteiger partial charge in [0.2, 0.25) is 5.91 Å². The molecule has 0 aliphatic rings. The van der Waals surface area contributed by atoms with Gasteiger partial charge in [0, 0.05) is 18.8 Å². The molecule has 3 aromatic rings. The van der Waals surface area contributed by atoms with Crippen molar-refractivity contribution >= 4 is 28.3 Å². The van der Waals surface area contributed by atoms with Crippen LogP contribution in [0.3, 0.4) is 0 Å². The standard InChI is InChI=1S/C20H23N5O3S/c1-13(26)23-11-15-7-8-18(28-15)16-12-29-20(24-16)25-19(21)22-10-9-14-5-3-4-6-17(14)27-2/h3-8,12H,9-11H2,1-2H3,(H,23,26)(H3,21,22,24,25). The Morgan fingerprint density at radius 1 is 1.31 bits per heavy atom. The van der Waals surface area contributed by atoms with Crippen LogP contribution in [0, 0.1) is 0 Å². The Balaban J connectivity index is 1.55. The van der Waals surface area contributed by atoms with Gasteiger partial charge < -0.3 is 25.5 Å². The zero-order valence-corrected chi connectivity index (χ0v) is 17.1. The van der Waals surface area contributed by atoms with E-state index >= 15 is 0 Å². The number of nitrogens with two attached hydrogens (primary N) is 1. The second-order valence-corrected chi connectivity index (χ2v) is 7.03. The molecule has 0 aliphatic heterocycles. The number of amides is 1. The number of anilines is 1. The number of methoxy groups -OCH3 is 1. The molecule has 0 saturated carbocycles. The lowest BCUT2D eigenvalue weighted by molar-refractivity contribution is -0.119. The van der Waals surface area contributed by atoms with Crippen LogP contribution in [0.2, 0.25) is 0 Å². The van der Waals surface area contributed by atoms with Crippen molar-refractivity contribution in [3.8, 4) is 17.2 Å². The van der Waals surface area contributed by atoms with Crippen LogP contribution in [0.1, 0.15) is 18.2 Å². The predicted molar refractivity (Wildman–Crippen MR) is 114 cm³/mol. The molecule has 2 heterocycles. The second kappa shape index (κ2) is 9.74.